The van der Waals surface area contributed by atoms with Crippen LogP contribution in [0.4, 0.5) is 0 Å². The van der Waals surface area contributed by atoms with Crippen molar-refractivity contribution in [2.75, 3.05) is 13.2 Å². The lowest BCUT2D eigenvalue weighted by Crippen LogP contribution is -2.32. The van der Waals surface area contributed by atoms with Gasteiger partial charge in [0.25, 0.3) is 0 Å². The summed E-state index contributed by atoms with van der Waals surface area (Å²) < 4.78 is 5.19. The molecule has 1 aromatic heterocycles. The van der Waals surface area contributed by atoms with E-state index in [1.54, 1.807) is 0 Å². The Kier molecular flexibility index (Phi) is 6.23. The number of hydrogen-bond donors (Lipinski definition) is 1. The van der Waals surface area contributed by atoms with Crippen LogP contribution in [0.25, 0.3) is 0 Å². The summed E-state index contributed by atoms with van der Waals surface area (Å²) in [5.74, 6) is 0.685. The summed E-state index contributed by atoms with van der Waals surface area (Å²) in [6, 6.07) is 9.14. The molecule has 0 amide bonds. The van der Waals surface area contributed by atoms with Crippen molar-refractivity contribution in [3.8, 4) is 0 Å². The second kappa shape index (κ2) is 8.39. The first-order valence-electron chi connectivity index (χ1n) is 7.85. The molecule has 1 heterocycles. The van der Waals surface area contributed by atoms with Crippen LogP contribution < -0.4 is 5.32 Å². The maximum atomic E-state index is 12.2. The summed E-state index contributed by atoms with van der Waals surface area (Å²) in [5.41, 5.74) is 1.94. The summed E-state index contributed by atoms with van der Waals surface area (Å²) in [6.07, 6.45) is 3.66. The second-order valence-electron chi connectivity index (χ2n) is 5.47. The summed E-state index contributed by atoms with van der Waals surface area (Å²) in [7, 11) is 0. The molecule has 1 aromatic carbocycles. The minimum absolute atomic E-state index is 0.191. The summed E-state index contributed by atoms with van der Waals surface area (Å²) >= 11 is 0. The van der Waals surface area contributed by atoms with Crippen LogP contribution in [0.5, 0.6) is 0 Å². The van der Waals surface area contributed by atoms with Gasteiger partial charge in [-0.25, -0.2) is 14.8 Å². The van der Waals surface area contributed by atoms with Crippen molar-refractivity contribution < 1.29 is 9.53 Å². The van der Waals surface area contributed by atoms with Crippen molar-refractivity contribution in [2.45, 2.75) is 32.7 Å². The van der Waals surface area contributed by atoms with E-state index in [2.05, 4.69) is 22.2 Å². The Morgan fingerprint density at radius 3 is 2.43 bits per heavy atom. The van der Waals surface area contributed by atoms with Gasteiger partial charge in [0.1, 0.15) is 11.9 Å². The van der Waals surface area contributed by atoms with Crippen molar-refractivity contribution in [2.24, 2.45) is 0 Å². The van der Waals surface area contributed by atoms with Gasteiger partial charge in [0.2, 0.25) is 0 Å². The third-order valence-corrected chi connectivity index (χ3v) is 3.65. The highest BCUT2D eigenvalue weighted by Gasteiger charge is 2.22. The standard InChI is InChI=1S/C18H23N3O2/c1-4-23-18(22)17(15-8-6-5-7-9-15)21-10-13(2)16-11-19-14(3)20-12-16/h5-9,11-13,17,21H,4,10H2,1-3H3. The molecule has 0 saturated heterocycles. The van der Waals surface area contributed by atoms with Crippen molar-refractivity contribution >= 4 is 5.97 Å². The molecule has 0 saturated carbocycles. The number of carbonyl (C=O) groups excluding carboxylic acids is 1. The first kappa shape index (κ1) is 17.1. The molecule has 0 bridgehead atoms. The number of carbonyl (C=O) groups is 1. The number of nitrogens with one attached hydrogen (secondary N) is 1. The van der Waals surface area contributed by atoms with Crippen LogP contribution in [0.2, 0.25) is 0 Å². The first-order valence-corrected chi connectivity index (χ1v) is 7.85. The van der Waals surface area contributed by atoms with Gasteiger partial charge in [0, 0.05) is 18.9 Å². The van der Waals surface area contributed by atoms with E-state index >= 15 is 0 Å². The smallest absolute Gasteiger partial charge is 0.327 e. The predicted octanol–water partition coefficient (Wildman–Crippen LogP) is 2.78. The molecule has 0 fully saturated rings. The molecule has 5 heteroatoms. The topological polar surface area (TPSA) is 64.1 Å². The number of aryl methyl sites for hydroxylation is 1. The van der Waals surface area contributed by atoms with Crippen LogP contribution in [-0.2, 0) is 9.53 Å². The molecule has 5 nitrogen and oxygen atoms in total. The SMILES string of the molecule is CCOC(=O)C(NCC(C)c1cnc(C)nc1)c1ccccc1. The average molecular weight is 313 g/mol. The summed E-state index contributed by atoms with van der Waals surface area (Å²) in [6.45, 7) is 6.75. The lowest BCUT2D eigenvalue weighted by Gasteiger charge is -2.20. The Bertz CT molecular complexity index is 614. The molecule has 0 radical (unpaired) electrons. The number of ether oxygens (including phenoxy) is 1. The van der Waals surface area contributed by atoms with Crippen LogP contribution in [0, 0.1) is 6.92 Å². The minimum atomic E-state index is -0.468. The number of rotatable bonds is 7. The predicted molar refractivity (Wildman–Crippen MR) is 89.0 cm³/mol. The van der Waals surface area contributed by atoms with Crippen LogP contribution in [0.15, 0.2) is 42.7 Å². The number of esters is 1. The number of aromatic nitrogens is 2. The van der Waals surface area contributed by atoms with Crippen LogP contribution in [0.1, 0.15) is 42.8 Å². The Morgan fingerprint density at radius 2 is 1.83 bits per heavy atom. The van der Waals surface area contributed by atoms with Gasteiger partial charge < -0.3 is 10.1 Å². The molecule has 1 N–H and O–H groups in total. The zero-order valence-corrected chi connectivity index (χ0v) is 13.8. The van der Waals surface area contributed by atoms with Crippen molar-refractivity contribution in [3.05, 3.63) is 59.7 Å². The molecule has 2 unspecified atom stereocenters. The highest BCUT2D eigenvalue weighted by molar-refractivity contribution is 5.77. The molecule has 2 atom stereocenters. The van der Waals surface area contributed by atoms with Crippen LogP contribution in [-0.4, -0.2) is 29.1 Å². The van der Waals surface area contributed by atoms with Crippen LogP contribution >= 0.6 is 0 Å². The molecule has 122 valence electrons. The van der Waals surface area contributed by atoms with E-state index in [0.29, 0.717) is 13.2 Å². The van der Waals surface area contributed by atoms with Crippen molar-refractivity contribution in [1.82, 2.24) is 15.3 Å². The fourth-order valence-electron chi connectivity index (χ4n) is 2.28. The summed E-state index contributed by atoms with van der Waals surface area (Å²) in [4.78, 5) is 20.7. The number of nitrogens with zero attached hydrogens (tertiary/aromatic N) is 2. The molecular weight excluding hydrogens is 290 g/mol. The van der Waals surface area contributed by atoms with Gasteiger partial charge >= 0.3 is 5.97 Å². The van der Waals surface area contributed by atoms with Gasteiger partial charge in [-0.3, -0.25) is 0 Å². The largest absolute Gasteiger partial charge is 0.465 e. The lowest BCUT2D eigenvalue weighted by atomic mass is 10.0. The Balaban J connectivity index is 2.06. The fourth-order valence-corrected chi connectivity index (χ4v) is 2.28. The highest BCUT2D eigenvalue weighted by Crippen LogP contribution is 2.17. The monoisotopic (exact) mass is 313 g/mol. The van der Waals surface area contributed by atoms with E-state index in [1.807, 2.05) is 56.6 Å². The van der Waals surface area contributed by atoms with Gasteiger partial charge in [-0.15, -0.1) is 0 Å². The Hall–Kier alpha value is -2.27. The van der Waals surface area contributed by atoms with Crippen molar-refractivity contribution in [1.29, 1.82) is 0 Å². The number of hydrogen-bond acceptors (Lipinski definition) is 5. The van der Waals surface area contributed by atoms with E-state index in [1.165, 1.54) is 0 Å². The van der Waals surface area contributed by atoms with Gasteiger partial charge in [0.05, 0.1) is 6.61 Å². The zero-order valence-electron chi connectivity index (χ0n) is 13.8. The normalized spacial score (nSPS) is 13.3. The van der Waals surface area contributed by atoms with Gasteiger partial charge in [0.15, 0.2) is 0 Å². The van der Waals surface area contributed by atoms with E-state index < -0.39 is 6.04 Å². The highest BCUT2D eigenvalue weighted by atomic mass is 16.5. The lowest BCUT2D eigenvalue weighted by molar-refractivity contribution is -0.145. The maximum absolute atomic E-state index is 12.2. The zero-order chi connectivity index (χ0) is 16.7. The third-order valence-electron chi connectivity index (χ3n) is 3.65. The van der Waals surface area contributed by atoms with E-state index in [0.717, 1.165) is 17.0 Å². The molecular formula is C18H23N3O2. The number of benzene rings is 1. The first-order chi connectivity index (χ1) is 11.1. The molecule has 0 aliphatic carbocycles. The second-order valence-corrected chi connectivity index (χ2v) is 5.47. The fraction of sp³-hybridized carbons (Fsp3) is 0.389. The molecule has 0 spiro atoms. The van der Waals surface area contributed by atoms with Gasteiger partial charge in [-0.2, -0.15) is 0 Å². The molecule has 2 aromatic rings. The van der Waals surface area contributed by atoms with E-state index in [9.17, 15) is 4.79 Å². The molecule has 2 rings (SSSR count). The van der Waals surface area contributed by atoms with Crippen LogP contribution in [0.3, 0.4) is 0 Å². The average Bonchev–Trinajstić information content (AvgIpc) is 2.57. The molecule has 0 aliphatic rings. The van der Waals surface area contributed by atoms with Gasteiger partial charge in [-0.1, -0.05) is 37.3 Å². The quantitative estimate of drug-likeness (QED) is 0.796. The third kappa shape index (κ3) is 4.86. The van der Waals surface area contributed by atoms with Crippen molar-refractivity contribution in [3.63, 3.8) is 0 Å². The Labute approximate surface area is 137 Å². The van der Waals surface area contributed by atoms with E-state index in [4.69, 9.17) is 4.74 Å². The molecule has 23 heavy (non-hydrogen) atoms. The maximum Gasteiger partial charge on any atom is 0.327 e. The van der Waals surface area contributed by atoms with Gasteiger partial charge in [-0.05, 0) is 30.9 Å². The summed E-state index contributed by atoms with van der Waals surface area (Å²) in [5, 5.41) is 3.30. The minimum Gasteiger partial charge on any atom is -0.465 e. The Morgan fingerprint density at radius 1 is 1.17 bits per heavy atom. The van der Waals surface area contributed by atoms with E-state index in [-0.39, 0.29) is 11.9 Å². The molecule has 0 aliphatic heterocycles.